The van der Waals surface area contributed by atoms with Crippen LogP contribution in [-0.2, 0) is 22.1 Å². The molecule has 2 N–H and O–H groups in total. The summed E-state index contributed by atoms with van der Waals surface area (Å²) in [5, 5.41) is 9.66. The van der Waals surface area contributed by atoms with Crippen LogP contribution in [0.4, 0.5) is 23.2 Å². The Morgan fingerprint density at radius 3 is 2.66 bits per heavy atom. The second kappa shape index (κ2) is 9.51. The molecule has 0 unspecified atom stereocenters. The van der Waals surface area contributed by atoms with Crippen molar-refractivity contribution in [2.45, 2.75) is 19.5 Å². The number of ether oxygens (including phenoxy) is 1. The number of hydrogen-bond acceptors (Lipinski definition) is 5. The Balaban J connectivity index is 2.22. The number of nitrogens with zero attached hydrogens (tertiary/aromatic N) is 1. The van der Waals surface area contributed by atoms with E-state index >= 15 is 0 Å². The Hall–Kier alpha value is -2.94. The van der Waals surface area contributed by atoms with Gasteiger partial charge in [-0.15, -0.1) is 0 Å². The molecule has 0 bridgehead atoms. The fraction of sp³-hybridized carbons (Fsp3) is 0.211. The van der Waals surface area contributed by atoms with E-state index in [1.165, 1.54) is 24.5 Å². The molecule has 2 aromatic rings. The van der Waals surface area contributed by atoms with E-state index in [2.05, 4.69) is 10.3 Å². The number of hydrogen-bond donors (Lipinski definition) is 2. The summed E-state index contributed by atoms with van der Waals surface area (Å²) >= 11 is 5.58. The number of halogens is 5. The molecule has 0 aliphatic rings. The van der Waals surface area contributed by atoms with Crippen molar-refractivity contribution in [3.63, 3.8) is 0 Å². The van der Waals surface area contributed by atoms with Crippen LogP contribution in [0.25, 0.3) is 0 Å². The van der Waals surface area contributed by atoms with Gasteiger partial charge in [0.1, 0.15) is 16.6 Å². The van der Waals surface area contributed by atoms with Crippen molar-refractivity contribution in [2.24, 2.45) is 0 Å². The lowest BCUT2D eigenvalue weighted by Gasteiger charge is -2.10. The van der Waals surface area contributed by atoms with E-state index in [4.69, 9.17) is 21.7 Å². The van der Waals surface area contributed by atoms with Gasteiger partial charge in [0, 0.05) is 30.2 Å². The SMILES string of the molecule is CCOC(=O)/C(=C/Nc1ccnc(Cc2cc(F)cc(C(F)(F)F)c2)c1)C(=N)Cl. The van der Waals surface area contributed by atoms with Crippen LogP contribution in [-0.4, -0.2) is 22.7 Å². The lowest BCUT2D eigenvalue weighted by atomic mass is 10.0. The first-order valence-electron chi connectivity index (χ1n) is 8.30. The molecular formula is C19H16ClF4N3O2. The molecule has 0 radical (unpaired) electrons. The first kappa shape index (κ1) is 22.4. The number of alkyl halides is 3. The highest BCUT2D eigenvalue weighted by atomic mass is 35.5. The van der Waals surface area contributed by atoms with E-state index in [1.54, 1.807) is 6.92 Å². The zero-order chi connectivity index (χ0) is 21.6. The van der Waals surface area contributed by atoms with E-state index in [1.807, 2.05) is 0 Å². The molecule has 10 heteroatoms. The number of pyridine rings is 1. The number of carbonyl (C=O) groups is 1. The van der Waals surface area contributed by atoms with Gasteiger partial charge in [-0.05, 0) is 42.8 Å². The molecule has 2 rings (SSSR count). The summed E-state index contributed by atoms with van der Waals surface area (Å²) in [5.41, 5.74) is -0.383. The van der Waals surface area contributed by atoms with Crippen molar-refractivity contribution in [2.75, 3.05) is 11.9 Å². The third kappa shape index (κ3) is 6.56. The molecule has 0 saturated carbocycles. The van der Waals surface area contributed by atoms with Crippen LogP contribution in [0.5, 0.6) is 0 Å². The molecule has 5 nitrogen and oxygen atoms in total. The van der Waals surface area contributed by atoms with Gasteiger partial charge in [0.25, 0.3) is 0 Å². The van der Waals surface area contributed by atoms with Gasteiger partial charge < -0.3 is 10.1 Å². The number of rotatable bonds is 7. The maximum Gasteiger partial charge on any atom is 0.416 e. The summed E-state index contributed by atoms with van der Waals surface area (Å²) in [6.45, 7) is 1.71. The highest BCUT2D eigenvalue weighted by Gasteiger charge is 2.31. The molecule has 154 valence electrons. The molecule has 1 aromatic heterocycles. The number of aromatic nitrogens is 1. The fourth-order valence-electron chi connectivity index (χ4n) is 2.37. The molecule has 0 spiro atoms. The molecule has 0 amide bonds. The van der Waals surface area contributed by atoms with Crippen molar-refractivity contribution in [1.29, 1.82) is 5.41 Å². The van der Waals surface area contributed by atoms with Gasteiger partial charge in [-0.2, -0.15) is 13.2 Å². The minimum Gasteiger partial charge on any atom is -0.462 e. The number of carbonyl (C=O) groups excluding carboxylic acids is 1. The average molecular weight is 430 g/mol. The normalized spacial score (nSPS) is 11.9. The first-order chi connectivity index (χ1) is 13.6. The summed E-state index contributed by atoms with van der Waals surface area (Å²) in [7, 11) is 0. The molecule has 1 aromatic carbocycles. The maximum absolute atomic E-state index is 13.5. The smallest absolute Gasteiger partial charge is 0.416 e. The van der Waals surface area contributed by atoms with E-state index in [0.29, 0.717) is 17.4 Å². The Bertz CT molecular complexity index is 945. The summed E-state index contributed by atoms with van der Waals surface area (Å²) in [5.74, 6) is -1.78. The third-order valence-electron chi connectivity index (χ3n) is 3.60. The standard InChI is InChI=1S/C19H16ClF4N3O2/c1-2-29-18(28)16(17(20)25)10-27-14-3-4-26-15(9-14)7-11-5-12(19(22,23)24)8-13(21)6-11/h3-6,8-10,25H,2,7H2,1H3,(H,26,27)/b16-10+,25-17?. The molecule has 0 fully saturated rings. The van der Waals surface area contributed by atoms with Crippen LogP contribution in [0.2, 0.25) is 0 Å². The van der Waals surface area contributed by atoms with Gasteiger partial charge in [-0.3, -0.25) is 10.4 Å². The van der Waals surface area contributed by atoms with E-state index in [0.717, 1.165) is 12.1 Å². The van der Waals surface area contributed by atoms with Crippen molar-refractivity contribution in [3.05, 3.63) is 70.9 Å². The Morgan fingerprint density at radius 1 is 1.31 bits per heavy atom. The zero-order valence-corrected chi connectivity index (χ0v) is 15.9. The Labute approximate surface area is 168 Å². The predicted octanol–water partition coefficient (Wildman–Crippen LogP) is 4.91. The van der Waals surface area contributed by atoms with Crippen LogP contribution < -0.4 is 5.32 Å². The summed E-state index contributed by atoms with van der Waals surface area (Å²) < 4.78 is 56.9. The average Bonchev–Trinajstić information content (AvgIpc) is 2.61. The predicted molar refractivity (Wildman–Crippen MR) is 100 cm³/mol. The monoisotopic (exact) mass is 429 g/mol. The molecular weight excluding hydrogens is 414 g/mol. The topological polar surface area (TPSA) is 75.1 Å². The fourth-order valence-corrected chi connectivity index (χ4v) is 2.50. The maximum atomic E-state index is 13.5. The summed E-state index contributed by atoms with van der Waals surface area (Å²) in [4.78, 5) is 15.8. The van der Waals surface area contributed by atoms with Gasteiger partial charge in [0.05, 0.1) is 12.2 Å². The second-order valence-electron chi connectivity index (χ2n) is 5.80. The lowest BCUT2D eigenvalue weighted by molar-refractivity contribution is -0.138. The van der Waals surface area contributed by atoms with Crippen LogP contribution in [0.15, 0.2) is 48.3 Å². The lowest BCUT2D eigenvalue weighted by Crippen LogP contribution is -2.13. The first-order valence-corrected chi connectivity index (χ1v) is 8.67. The van der Waals surface area contributed by atoms with Crippen molar-refractivity contribution in [3.8, 4) is 0 Å². The van der Waals surface area contributed by atoms with Gasteiger partial charge in [0.15, 0.2) is 0 Å². The van der Waals surface area contributed by atoms with Crippen molar-refractivity contribution < 1.29 is 27.1 Å². The van der Waals surface area contributed by atoms with Crippen LogP contribution >= 0.6 is 11.6 Å². The number of nitrogens with one attached hydrogen (secondary N) is 2. The molecule has 0 aliphatic heterocycles. The second-order valence-corrected chi connectivity index (χ2v) is 6.17. The molecule has 1 heterocycles. The van der Waals surface area contributed by atoms with Crippen LogP contribution in [0.1, 0.15) is 23.7 Å². The van der Waals surface area contributed by atoms with Crippen LogP contribution in [0, 0.1) is 11.2 Å². The molecule has 29 heavy (non-hydrogen) atoms. The van der Waals surface area contributed by atoms with E-state index < -0.39 is 28.7 Å². The third-order valence-corrected chi connectivity index (χ3v) is 3.81. The number of anilines is 1. The largest absolute Gasteiger partial charge is 0.462 e. The van der Waals surface area contributed by atoms with Crippen LogP contribution in [0.3, 0.4) is 0 Å². The van der Waals surface area contributed by atoms with Gasteiger partial charge in [-0.25, -0.2) is 9.18 Å². The quantitative estimate of drug-likeness (QED) is 0.284. The van der Waals surface area contributed by atoms with Crippen molar-refractivity contribution >= 4 is 28.4 Å². The highest BCUT2D eigenvalue weighted by molar-refractivity contribution is 6.71. The van der Waals surface area contributed by atoms with E-state index in [9.17, 15) is 22.4 Å². The molecule has 0 atom stereocenters. The zero-order valence-electron chi connectivity index (χ0n) is 15.1. The molecule has 0 aliphatic carbocycles. The Kier molecular flexibility index (Phi) is 7.33. The van der Waals surface area contributed by atoms with Gasteiger partial charge in [-0.1, -0.05) is 11.6 Å². The summed E-state index contributed by atoms with van der Waals surface area (Å²) in [6.07, 6.45) is -2.13. The van der Waals surface area contributed by atoms with Gasteiger partial charge >= 0.3 is 12.1 Å². The van der Waals surface area contributed by atoms with Crippen molar-refractivity contribution in [1.82, 2.24) is 4.98 Å². The Morgan fingerprint density at radius 2 is 2.03 bits per heavy atom. The summed E-state index contributed by atoms with van der Waals surface area (Å²) in [6, 6.07) is 5.34. The number of benzene rings is 1. The van der Waals surface area contributed by atoms with Gasteiger partial charge in [0.2, 0.25) is 0 Å². The highest BCUT2D eigenvalue weighted by Crippen LogP contribution is 2.31. The number of esters is 1. The molecule has 0 saturated heterocycles. The minimum atomic E-state index is -4.66. The minimum absolute atomic E-state index is 0.0455. The van der Waals surface area contributed by atoms with E-state index in [-0.39, 0.29) is 24.2 Å².